The van der Waals surface area contributed by atoms with E-state index in [4.69, 9.17) is 4.74 Å². The van der Waals surface area contributed by atoms with Gasteiger partial charge in [-0.25, -0.2) is 0 Å². The zero-order valence-electron chi connectivity index (χ0n) is 13.5. The molecule has 1 amide bonds. The zero-order valence-corrected chi connectivity index (χ0v) is 14.3. The maximum atomic E-state index is 12.1. The molecule has 1 aromatic carbocycles. The molecule has 1 fully saturated rings. The van der Waals surface area contributed by atoms with E-state index in [1.807, 2.05) is 30.1 Å². The minimum atomic E-state index is 0. The molecule has 1 aliphatic heterocycles. The van der Waals surface area contributed by atoms with Crippen molar-refractivity contribution in [1.29, 1.82) is 0 Å². The number of amides is 1. The highest BCUT2D eigenvalue weighted by atomic mass is 35.5. The van der Waals surface area contributed by atoms with E-state index in [0.717, 1.165) is 43.8 Å². The van der Waals surface area contributed by atoms with Crippen LogP contribution in [-0.2, 0) is 11.2 Å². The lowest BCUT2D eigenvalue weighted by molar-refractivity contribution is -0.130. The maximum absolute atomic E-state index is 12.1. The number of likely N-dealkylation sites (N-methyl/N-ethyl adjacent to an activating group) is 1. The fourth-order valence-electron chi connectivity index (χ4n) is 2.80. The smallest absolute Gasteiger partial charge is 0.222 e. The fraction of sp³-hybridized carbons (Fsp3) is 0.588. The second-order valence-electron chi connectivity index (χ2n) is 5.77. The molecule has 0 radical (unpaired) electrons. The summed E-state index contributed by atoms with van der Waals surface area (Å²) in [6.45, 7) is 2.91. The van der Waals surface area contributed by atoms with Crippen LogP contribution in [0.15, 0.2) is 24.3 Å². The monoisotopic (exact) mass is 326 g/mol. The average molecular weight is 327 g/mol. The Morgan fingerprint density at radius 3 is 2.86 bits per heavy atom. The Labute approximate surface area is 139 Å². The fourth-order valence-corrected chi connectivity index (χ4v) is 2.80. The predicted octanol–water partition coefficient (Wildman–Crippen LogP) is 2.51. The lowest BCUT2D eigenvalue weighted by Gasteiger charge is -2.19. The van der Waals surface area contributed by atoms with Gasteiger partial charge in [0.25, 0.3) is 0 Å². The third kappa shape index (κ3) is 5.50. The Morgan fingerprint density at radius 2 is 2.18 bits per heavy atom. The number of para-hydroxylation sites is 1. The summed E-state index contributed by atoms with van der Waals surface area (Å²) in [5, 5.41) is 3.35. The summed E-state index contributed by atoms with van der Waals surface area (Å²) in [5.74, 6) is 1.82. The van der Waals surface area contributed by atoms with Crippen molar-refractivity contribution in [3.8, 4) is 5.75 Å². The topological polar surface area (TPSA) is 41.6 Å². The Bertz CT molecular complexity index is 462. The molecule has 1 saturated heterocycles. The summed E-state index contributed by atoms with van der Waals surface area (Å²) in [7, 11) is 3.58. The van der Waals surface area contributed by atoms with Gasteiger partial charge in [-0.05, 0) is 49.9 Å². The highest BCUT2D eigenvalue weighted by Crippen LogP contribution is 2.18. The summed E-state index contributed by atoms with van der Waals surface area (Å²) < 4.78 is 5.34. The van der Waals surface area contributed by atoms with Gasteiger partial charge < -0.3 is 15.0 Å². The van der Waals surface area contributed by atoms with Crippen LogP contribution >= 0.6 is 12.4 Å². The Hall–Kier alpha value is -1.26. The molecule has 1 aliphatic rings. The van der Waals surface area contributed by atoms with Crippen LogP contribution in [0.25, 0.3) is 0 Å². The zero-order chi connectivity index (χ0) is 15.1. The Kier molecular flexibility index (Phi) is 8.28. The van der Waals surface area contributed by atoms with Crippen LogP contribution in [0, 0.1) is 5.92 Å². The standard InChI is InChI=1S/C17H26N2O2.ClH/c1-19(17(20)8-7-14-9-11-18-13-14)12-10-15-5-3-4-6-16(15)21-2;/h3-6,14,18H,7-13H2,1-2H3;1H. The van der Waals surface area contributed by atoms with Gasteiger partial charge in [-0.1, -0.05) is 18.2 Å². The molecule has 0 aliphatic carbocycles. The lowest BCUT2D eigenvalue weighted by Crippen LogP contribution is -2.29. The molecule has 22 heavy (non-hydrogen) atoms. The molecule has 124 valence electrons. The number of carbonyl (C=O) groups is 1. The minimum absolute atomic E-state index is 0. The molecule has 1 aromatic rings. The van der Waals surface area contributed by atoms with E-state index in [9.17, 15) is 4.79 Å². The average Bonchev–Trinajstić information content (AvgIpc) is 3.03. The van der Waals surface area contributed by atoms with Gasteiger partial charge in [0.1, 0.15) is 5.75 Å². The van der Waals surface area contributed by atoms with Gasteiger partial charge in [-0.2, -0.15) is 0 Å². The van der Waals surface area contributed by atoms with Crippen molar-refractivity contribution < 1.29 is 9.53 Å². The van der Waals surface area contributed by atoms with E-state index in [2.05, 4.69) is 11.4 Å². The summed E-state index contributed by atoms with van der Waals surface area (Å²) in [5.41, 5.74) is 1.15. The van der Waals surface area contributed by atoms with Crippen LogP contribution in [0.1, 0.15) is 24.8 Å². The van der Waals surface area contributed by atoms with Crippen LogP contribution in [0.3, 0.4) is 0 Å². The summed E-state index contributed by atoms with van der Waals surface area (Å²) in [6.07, 6.45) is 3.70. The maximum Gasteiger partial charge on any atom is 0.222 e. The first-order valence-electron chi connectivity index (χ1n) is 7.77. The number of ether oxygens (including phenoxy) is 1. The van der Waals surface area contributed by atoms with Crippen molar-refractivity contribution in [3.63, 3.8) is 0 Å². The SMILES string of the molecule is COc1ccccc1CCN(C)C(=O)CCC1CCNC1.Cl. The number of carbonyl (C=O) groups excluding carboxylic acids is 1. The van der Waals surface area contributed by atoms with Gasteiger partial charge in [0.2, 0.25) is 5.91 Å². The summed E-state index contributed by atoms with van der Waals surface area (Å²) in [6, 6.07) is 7.99. The number of nitrogens with one attached hydrogen (secondary N) is 1. The number of hydrogen-bond donors (Lipinski definition) is 1. The quantitative estimate of drug-likeness (QED) is 0.837. The number of methoxy groups -OCH3 is 1. The van der Waals surface area contributed by atoms with Crippen molar-refractivity contribution >= 4 is 18.3 Å². The molecule has 1 atom stereocenters. The molecule has 5 heteroatoms. The van der Waals surface area contributed by atoms with Gasteiger partial charge in [0.05, 0.1) is 7.11 Å². The first-order valence-corrected chi connectivity index (χ1v) is 7.77. The number of rotatable bonds is 7. The van der Waals surface area contributed by atoms with Crippen molar-refractivity contribution in [2.45, 2.75) is 25.7 Å². The third-order valence-corrected chi connectivity index (χ3v) is 4.26. The normalized spacial score (nSPS) is 16.9. The van der Waals surface area contributed by atoms with Gasteiger partial charge in [-0.3, -0.25) is 4.79 Å². The van der Waals surface area contributed by atoms with Crippen molar-refractivity contribution in [2.75, 3.05) is 33.8 Å². The molecule has 1 N–H and O–H groups in total. The molecular weight excluding hydrogens is 300 g/mol. The molecule has 0 spiro atoms. The van der Waals surface area contributed by atoms with Crippen molar-refractivity contribution in [1.82, 2.24) is 10.2 Å². The van der Waals surface area contributed by atoms with E-state index in [1.165, 1.54) is 6.42 Å². The van der Waals surface area contributed by atoms with Crippen LogP contribution in [-0.4, -0.2) is 44.6 Å². The second-order valence-corrected chi connectivity index (χ2v) is 5.77. The largest absolute Gasteiger partial charge is 0.496 e. The molecule has 1 unspecified atom stereocenters. The molecule has 0 bridgehead atoms. The van der Waals surface area contributed by atoms with E-state index in [0.29, 0.717) is 12.3 Å². The van der Waals surface area contributed by atoms with Gasteiger partial charge in [0, 0.05) is 20.0 Å². The third-order valence-electron chi connectivity index (χ3n) is 4.26. The minimum Gasteiger partial charge on any atom is -0.496 e. The number of benzene rings is 1. The van der Waals surface area contributed by atoms with Crippen molar-refractivity contribution in [2.24, 2.45) is 5.92 Å². The first-order chi connectivity index (χ1) is 10.2. The number of nitrogens with zero attached hydrogens (tertiary/aromatic N) is 1. The lowest BCUT2D eigenvalue weighted by atomic mass is 10.0. The molecular formula is C17H27ClN2O2. The van der Waals surface area contributed by atoms with Crippen LogP contribution in [0.2, 0.25) is 0 Å². The second kappa shape index (κ2) is 9.70. The summed E-state index contributed by atoms with van der Waals surface area (Å²) >= 11 is 0. The highest BCUT2D eigenvalue weighted by molar-refractivity contribution is 5.85. The first kappa shape index (κ1) is 18.8. The number of hydrogen-bond acceptors (Lipinski definition) is 3. The van der Waals surface area contributed by atoms with Crippen LogP contribution in [0.5, 0.6) is 5.75 Å². The van der Waals surface area contributed by atoms with Crippen LogP contribution in [0.4, 0.5) is 0 Å². The van der Waals surface area contributed by atoms with E-state index in [1.54, 1.807) is 7.11 Å². The predicted molar refractivity (Wildman–Crippen MR) is 91.8 cm³/mol. The number of halogens is 1. The molecule has 0 saturated carbocycles. The Balaban J connectivity index is 0.00000242. The van der Waals surface area contributed by atoms with E-state index in [-0.39, 0.29) is 18.3 Å². The van der Waals surface area contributed by atoms with Gasteiger partial charge in [-0.15, -0.1) is 12.4 Å². The van der Waals surface area contributed by atoms with E-state index < -0.39 is 0 Å². The van der Waals surface area contributed by atoms with Gasteiger partial charge in [0.15, 0.2) is 0 Å². The molecule has 0 aromatic heterocycles. The van der Waals surface area contributed by atoms with Crippen molar-refractivity contribution in [3.05, 3.63) is 29.8 Å². The molecule has 2 rings (SSSR count). The van der Waals surface area contributed by atoms with E-state index >= 15 is 0 Å². The molecule has 1 heterocycles. The Morgan fingerprint density at radius 1 is 1.41 bits per heavy atom. The van der Waals surface area contributed by atoms with Crippen LogP contribution < -0.4 is 10.1 Å². The molecule has 4 nitrogen and oxygen atoms in total. The highest BCUT2D eigenvalue weighted by Gasteiger charge is 2.17. The van der Waals surface area contributed by atoms with Gasteiger partial charge >= 0.3 is 0 Å². The summed E-state index contributed by atoms with van der Waals surface area (Å²) in [4.78, 5) is 14.0.